The summed E-state index contributed by atoms with van der Waals surface area (Å²) in [6.45, 7) is 0.830. The van der Waals surface area contributed by atoms with E-state index >= 15 is 0 Å². The maximum absolute atomic E-state index is 12.7. The van der Waals surface area contributed by atoms with Gasteiger partial charge in [-0.15, -0.1) is 0 Å². The molecule has 0 bridgehead atoms. The summed E-state index contributed by atoms with van der Waals surface area (Å²) in [6.07, 6.45) is 4.05. The summed E-state index contributed by atoms with van der Waals surface area (Å²) in [5.41, 5.74) is 0.242. The van der Waals surface area contributed by atoms with Crippen LogP contribution in [0.1, 0.15) is 36.0 Å². The molecular formula is C19H28N2O6. The van der Waals surface area contributed by atoms with E-state index in [0.717, 1.165) is 25.7 Å². The molecule has 2 N–H and O–H groups in total. The second kappa shape index (κ2) is 10.0. The van der Waals surface area contributed by atoms with Gasteiger partial charge in [-0.3, -0.25) is 9.59 Å². The topological polar surface area (TPSA) is 97.3 Å². The van der Waals surface area contributed by atoms with Gasteiger partial charge in [0.15, 0.2) is 11.5 Å². The van der Waals surface area contributed by atoms with E-state index in [0.29, 0.717) is 30.3 Å². The number of aliphatic hydroxyl groups is 1. The molecule has 1 atom stereocenters. The molecule has 8 heteroatoms. The third-order valence-corrected chi connectivity index (χ3v) is 4.63. The molecule has 0 saturated carbocycles. The molecule has 0 aliphatic carbocycles. The third-order valence-electron chi connectivity index (χ3n) is 4.63. The van der Waals surface area contributed by atoms with Crippen LogP contribution in [0, 0.1) is 0 Å². The first-order valence-electron chi connectivity index (χ1n) is 9.06. The summed E-state index contributed by atoms with van der Waals surface area (Å²) in [5.74, 6) is 0.273. The molecule has 1 heterocycles. The maximum atomic E-state index is 12.7. The molecule has 1 aliphatic heterocycles. The van der Waals surface area contributed by atoms with Crippen LogP contribution in [0.15, 0.2) is 12.1 Å². The lowest BCUT2D eigenvalue weighted by Crippen LogP contribution is -2.50. The highest BCUT2D eigenvalue weighted by atomic mass is 16.5. The zero-order valence-corrected chi connectivity index (χ0v) is 16.1. The van der Waals surface area contributed by atoms with Gasteiger partial charge in [-0.25, -0.2) is 0 Å². The number of amides is 2. The Kier molecular flexibility index (Phi) is 7.72. The summed E-state index contributed by atoms with van der Waals surface area (Å²) in [6, 6.07) is 2.01. The average Bonchev–Trinajstić information content (AvgIpc) is 2.99. The normalized spacial score (nSPS) is 15.5. The number of likely N-dealkylation sites (tertiary alicyclic amines) is 1. The van der Waals surface area contributed by atoms with Gasteiger partial charge in [-0.2, -0.15) is 0 Å². The molecule has 2 rings (SSSR count). The van der Waals surface area contributed by atoms with Gasteiger partial charge in [-0.1, -0.05) is 12.8 Å². The highest BCUT2D eigenvalue weighted by molar-refractivity contribution is 5.98. The van der Waals surface area contributed by atoms with Crippen LogP contribution >= 0.6 is 0 Å². The van der Waals surface area contributed by atoms with Crippen molar-refractivity contribution in [2.24, 2.45) is 0 Å². The second-order valence-corrected chi connectivity index (χ2v) is 6.36. The summed E-state index contributed by atoms with van der Waals surface area (Å²) < 4.78 is 15.7. The minimum absolute atomic E-state index is 0.242. The van der Waals surface area contributed by atoms with Gasteiger partial charge in [0.25, 0.3) is 5.91 Å². The summed E-state index contributed by atoms with van der Waals surface area (Å²) >= 11 is 0. The van der Waals surface area contributed by atoms with Gasteiger partial charge in [0.2, 0.25) is 11.7 Å². The molecule has 150 valence electrons. The molecule has 0 spiro atoms. The molecule has 1 aromatic carbocycles. The Morgan fingerprint density at radius 1 is 1.04 bits per heavy atom. The van der Waals surface area contributed by atoms with Crippen molar-refractivity contribution < 1.29 is 28.9 Å². The van der Waals surface area contributed by atoms with E-state index in [1.54, 1.807) is 4.90 Å². The summed E-state index contributed by atoms with van der Waals surface area (Å²) in [5, 5.41) is 12.3. The van der Waals surface area contributed by atoms with Gasteiger partial charge < -0.3 is 29.5 Å². The molecule has 27 heavy (non-hydrogen) atoms. The highest BCUT2D eigenvalue weighted by Crippen LogP contribution is 2.38. The largest absolute Gasteiger partial charge is 0.493 e. The SMILES string of the molecule is COc1cc(C(=O)NC(CO)C(=O)N2CCCCCC2)cc(OC)c1OC. The number of aliphatic hydroxyl groups excluding tert-OH is 1. The van der Waals surface area contributed by atoms with E-state index in [4.69, 9.17) is 14.2 Å². The predicted molar refractivity (Wildman–Crippen MR) is 99.5 cm³/mol. The molecule has 0 radical (unpaired) electrons. The first-order valence-corrected chi connectivity index (χ1v) is 9.06. The molecule has 1 aromatic rings. The van der Waals surface area contributed by atoms with Gasteiger partial charge >= 0.3 is 0 Å². The van der Waals surface area contributed by atoms with Crippen LogP contribution in [0.4, 0.5) is 0 Å². The van der Waals surface area contributed by atoms with Crippen molar-refractivity contribution in [1.29, 1.82) is 0 Å². The highest BCUT2D eigenvalue weighted by Gasteiger charge is 2.27. The molecule has 2 amide bonds. The van der Waals surface area contributed by atoms with Crippen LogP contribution in [0.5, 0.6) is 17.2 Å². The maximum Gasteiger partial charge on any atom is 0.252 e. The number of rotatable bonds is 7. The van der Waals surface area contributed by atoms with Crippen LogP contribution < -0.4 is 19.5 Å². The summed E-state index contributed by atoms with van der Waals surface area (Å²) in [7, 11) is 4.39. The number of methoxy groups -OCH3 is 3. The molecule has 1 saturated heterocycles. The van der Waals surface area contributed by atoms with E-state index in [9.17, 15) is 14.7 Å². The standard InChI is InChI=1S/C19H28N2O6/c1-25-15-10-13(11-16(26-2)17(15)27-3)18(23)20-14(12-22)19(24)21-8-6-4-5-7-9-21/h10-11,14,22H,4-9,12H2,1-3H3,(H,20,23). The van der Waals surface area contributed by atoms with Gasteiger partial charge in [0, 0.05) is 18.7 Å². The average molecular weight is 380 g/mol. The minimum Gasteiger partial charge on any atom is -0.493 e. The molecule has 1 fully saturated rings. The van der Waals surface area contributed by atoms with Gasteiger partial charge in [-0.05, 0) is 25.0 Å². The molecule has 0 aromatic heterocycles. The van der Waals surface area contributed by atoms with Crippen molar-refractivity contribution in [3.63, 3.8) is 0 Å². The van der Waals surface area contributed by atoms with E-state index in [2.05, 4.69) is 5.32 Å². The fraction of sp³-hybridized carbons (Fsp3) is 0.579. The van der Waals surface area contributed by atoms with E-state index in [-0.39, 0.29) is 11.5 Å². The van der Waals surface area contributed by atoms with Crippen LogP contribution in [-0.4, -0.2) is 68.9 Å². The van der Waals surface area contributed by atoms with Crippen molar-refractivity contribution >= 4 is 11.8 Å². The lowest BCUT2D eigenvalue weighted by molar-refractivity contribution is -0.134. The van der Waals surface area contributed by atoms with Crippen molar-refractivity contribution in [2.75, 3.05) is 41.0 Å². The van der Waals surface area contributed by atoms with Crippen molar-refractivity contribution in [3.8, 4) is 17.2 Å². The van der Waals surface area contributed by atoms with Crippen molar-refractivity contribution in [2.45, 2.75) is 31.7 Å². The number of carbonyl (C=O) groups excluding carboxylic acids is 2. The molecular weight excluding hydrogens is 352 g/mol. The number of hydrogen-bond donors (Lipinski definition) is 2. The Morgan fingerprint density at radius 3 is 2.04 bits per heavy atom. The fourth-order valence-electron chi connectivity index (χ4n) is 3.15. The lowest BCUT2D eigenvalue weighted by atomic mass is 10.1. The molecule has 1 aliphatic rings. The Balaban J connectivity index is 2.17. The second-order valence-electron chi connectivity index (χ2n) is 6.36. The van der Waals surface area contributed by atoms with Gasteiger partial charge in [0.05, 0.1) is 27.9 Å². The van der Waals surface area contributed by atoms with E-state index in [1.807, 2.05) is 0 Å². The van der Waals surface area contributed by atoms with Crippen LogP contribution in [-0.2, 0) is 4.79 Å². The number of hydrogen-bond acceptors (Lipinski definition) is 6. The number of benzene rings is 1. The number of carbonyl (C=O) groups is 2. The number of ether oxygens (including phenoxy) is 3. The first-order chi connectivity index (χ1) is 13.0. The number of nitrogens with one attached hydrogen (secondary N) is 1. The van der Waals surface area contributed by atoms with Crippen LogP contribution in [0.25, 0.3) is 0 Å². The van der Waals surface area contributed by atoms with Crippen LogP contribution in [0.2, 0.25) is 0 Å². The van der Waals surface area contributed by atoms with Gasteiger partial charge in [0.1, 0.15) is 6.04 Å². The predicted octanol–water partition coefficient (Wildman–Crippen LogP) is 1.21. The van der Waals surface area contributed by atoms with E-state index in [1.165, 1.54) is 33.5 Å². The van der Waals surface area contributed by atoms with E-state index < -0.39 is 18.6 Å². The zero-order chi connectivity index (χ0) is 19.8. The monoisotopic (exact) mass is 380 g/mol. The summed E-state index contributed by atoms with van der Waals surface area (Å²) in [4.78, 5) is 27.0. The minimum atomic E-state index is -0.991. The lowest BCUT2D eigenvalue weighted by Gasteiger charge is -2.25. The third kappa shape index (κ3) is 5.03. The smallest absolute Gasteiger partial charge is 0.252 e. The Bertz CT molecular complexity index is 631. The van der Waals surface area contributed by atoms with Crippen LogP contribution in [0.3, 0.4) is 0 Å². The Labute approximate surface area is 159 Å². The number of nitrogens with zero attached hydrogens (tertiary/aromatic N) is 1. The van der Waals surface area contributed by atoms with Crippen molar-refractivity contribution in [1.82, 2.24) is 10.2 Å². The zero-order valence-electron chi connectivity index (χ0n) is 16.1. The molecule has 1 unspecified atom stereocenters. The van der Waals surface area contributed by atoms with Crippen molar-refractivity contribution in [3.05, 3.63) is 17.7 Å². The molecule has 8 nitrogen and oxygen atoms in total. The first kappa shape index (κ1) is 20.8. The fourth-order valence-corrected chi connectivity index (χ4v) is 3.15. The Morgan fingerprint density at radius 2 is 1.59 bits per heavy atom. The quantitative estimate of drug-likeness (QED) is 0.738. The Hall–Kier alpha value is -2.48.